The Labute approximate surface area is 55.5 Å². The van der Waals surface area contributed by atoms with E-state index in [1.165, 1.54) is 7.11 Å². The van der Waals surface area contributed by atoms with Gasteiger partial charge >= 0.3 is 5.97 Å². The van der Waals surface area contributed by atoms with Crippen LogP contribution in [0, 0.1) is 0 Å². The van der Waals surface area contributed by atoms with E-state index in [1.807, 2.05) is 13.8 Å². The third-order valence-electron chi connectivity index (χ3n) is 1.18. The minimum atomic E-state index is -0.222. The van der Waals surface area contributed by atoms with Crippen LogP contribution in [0.25, 0.3) is 0 Å². The smallest absolute Gasteiger partial charge is 0.333 e. The van der Waals surface area contributed by atoms with Gasteiger partial charge in [0.05, 0.1) is 7.11 Å². The average Bonchev–Trinajstić information content (AvgIpc) is 1.90. The van der Waals surface area contributed by atoms with Crippen molar-refractivity contribution in [1.82, 2.24) is 0 Å². The summed E-state index contributed by atoms with van der Waals surface area (Å²) in [6.45, 7) is 3.75. The van der Waals surface area contributed by atoms with Gasteiger partial charge in [0.1, 0.15) is 0 Å². The molecule has 0 fully saturated rings. The van der Waals surface area contributed by atoms with Gasteiger partial charge in [-0.2, -0.15) is 0 Å². The van der Waals surface area contributed by atoms with Crippen molar-refractivity contribution in [3.8, 4) is 0 Å². The highest BCUT2D eigenvalue weighted by Crippen LogP contribution is 2.00. The van der Waals surface area contributed by atoms with E-state index in [-0.39, 0.29) is 5.97 Å². The molecule has 2 nitrogen and oxygen atoms in total. The second-order valence-corrected chi connectivity index (χ2v) is 1.66. The molecule has 0 rings (SSSR count). The number of rotatable bonds is 2. The number of allylic oxidation sites excluding steroid dienone is 1. The molecule has 0 spiro atoms. The Hall–Kier alpha value is -0.790. The van der Waals surface area contributed by atoms with Gasteiger partial charge in [-0.1, -0.05) is 13.0 Å². The van der Waals surface area contributed by atoms with Crippen molar-refractivity contribution in [3.05, 3.63) is 11.6 Å². The van der Waals surface area contributed by atoms with Crippen molar-refractivity contribution in [1.29, 1.82) is 0 Å². The van der Waals surface area contributed by atoms with Crippen molar-refractivity contribution < 1.29 is 9.53 Å². The summed E-state index contributed by atoms with van der Waals surface area (Å²) in [6.07, 6.45) is 2.51. The van der Waals surface area contributed by atoms with Crippen molar-refractivity contribution in [2.24, 2.45) is 0 Å². The van der Waals surface area contributed by atoms with Crippen LogP contribution < -0.4 is 0 Å². The second-order valence-electron chi connectivity index (χ2n) is 1.66. The third kappa shape index (κ3) is 2.31. The first-order chi connectivity index (χ1) is 4.26. The molecule has 0 aromatic heterocycles. The summed E-state index contributed by atoms with van der Waals surface area (Å²) < 4.78 is 4.49. The summed E-state index contributed by atoms with van der Waals surface area (Å²) in [5.74, 6) is -0.222. The Balaban J connectivity index is 3.97. The second kappa shape index (κ2) is 4.13. The van der Waals surface area contributed by atoms with Gasteiger partial charge in [0.2, 0.25) is 0 Å². The first kappa shape index (κ1) is 8.21. The number of methoxy groups -OCH3 is 1. The van der Waals surface area contributed by atoms with Crippen LogP contribution in [0.4, 0.5) is 0 Å². The molecular formula is C7H12O2. The predicted octanol–water partition coefficient (Wildman–Crippen LogP) is 1.52. The van der Waals surface area contributed by atoms with E-state index in [9.17, 15) is 4.79 Å². The zero-order chi connectivity index (χ0) is 7.28. The van der Waals surface area contributed by atoms with Crippen LogP contribution in [0.15, 0.2) is 11.6 Å². The van der Waals surface area contributed by atoms with E-state index in [1.54, 1.807) is 6.08 Å². The molecule has 0 unspecified atom stereocenters. The normalized spacial score (nSPS) is 11.2. The van der Waals surface area contributed by atoms with Gasteiger partial charge in [-0.05, 0) is 13.3 Å². The molecule has 0 heterocycles. The lowest BCUT2D eigenvalue weighted by molar-refractivity contribution is -0.136. The van der Waals surface area contributed by atoms with Crippen LogP contribution in [0.2, 0.25) is 0 Å². The van der Waals surface area contributed by atoms with Crippen LogP contribution >= 0.6 is 0 Å². The van der Waals surface area contributed by atoms with Gasteiger partial charge < -0.3 is 4.74 Å². The summed E-state index contributed by atoms with van der Waals surface area (Å²) >= 11 is 0. The molecular weight excluding hydrogens is 116 g/mol. The van der Waals surface area contributed by atoms with Crippen LogP contribution in [-0.4, -0.2) is 13.1 Å². The molecule has 0 saturated heterocycles. The Kier molecular flexibility index (Phi) is 3.76. The molecule has 0 aliphatic rings. The molecule has 0 amide bonds. The van der Waals surface area contributed by atoms with E-state index in [2.05, 4.69) is 4.74 Å². The molecule has 0 aliphatic heterocycles. The summed E-state index contributed by atoms with van der Waals surface area (Å²) in [4.78, 5) is 10.7. The molecule has 0 bridgehead atoms. The SMILES string of the molecule is CC=C(CC)C(=O)OC. The van der Waals surface area contributed by atoms with Gasteiger partial charge in [0, 0.05) is 5.57 Å². The minimum Gasteiger partial charge on any atom is -0.466 e. The van der Waals surface area contributed by atoms with Crippen molar-refractivity contribution >= 4 is 5.97 Å². The zero-order valence-corrected chi connectivity index (χ0v) is 6.10. The summed E-state index contributed by atoms with van der Waals surface area (Å²) in [5.41, 5.74) is 0.734. The lowest BCUT2D eigenvalue weighted by Crippen LogP contribution is -2.02. The largest absolute Gasteiger partial charge is 0.466 e. The maximum Gasteiger partial charge on any atom is 0.333 e. The highest BCUT2D eigenvalue weighted by atomic mass is 16.5. The number of carbonyl (C=O) groups excluding carboxylic acids is 1. The van der Waals surface area contributed by atoms with Crippen LogP contribution in [-0.2, 0) is 9.53 Å². The molecule has 0 saturated carbocycles. The first-order valence-electron chi connectivity index (χ1n) is 2.99. The van der Waals surface area contributed by atoms with Gasteiger partial charge in [-0.15, -0.1) is 0 Å². The molecule has 9 heavy (non-hydrogen) atoms. The Morgan fingerprint density at radius 3 is 2.33 bits per heavy atom. The summed E-state index contributed by atoms with van der Waals surface area (Å²) in [5, 5.41) is 0. The Morgan fingerprint density at radius 2 is 2.22 bits per heavy atom. The van der Waals surface area contributed by atoms with Gasteiger partial charge in [-0.3, -0.25) is 0 Å². The van der Waals surface area contributed by atoms with Crippen LogP contribution in [0.5, 0.6) is 0 Å². The van der Waals surface area contributed by atoms with Gasteiger partial charge in [0.25, 0.3) is 0 Å². The van der Waals surface area contributed by atoms with E-state index in [0.29, 0.717) is 0 Å². The number of esters is 1. The van der Waals surface area contributed by atoms with E-state index >= 15 is 0 Å². The molecule has 52 valence electrons. The standard InChI is InChI=1S/C7H12O2/c1-4-6(5-2)7(8)9-3/h4H,5H2,1-3H3. The number of hydrogen-bond donors (Lipinski definition) is 0. The molecule has 0 radical (unpaired) electrons. The average molecular weight is 128 g/mol. The highest BCUT2D eigenvalue weighted by Gasteiger charge is 2.03. The fourth-order valence-electron chi connectivity index (χ4n) is 0.597. The van der Waals surface area contributed by atoms with Crippen molar-refractivity contribution in [3.63, 3.8) is 0 Å². The number of carbonyl (C=O) groups is 1. The molecule has 0 aromatic rings. The predicted molar refractivity (Wildman–Crippen MR) is 36.1 cm³/mol. The van der Waals surface area contributed by atoms with Crippen LogP contribution in [0.1, 0.15) is 20.3 Å². The molecule has 0 N–H and O–H groups in total. The lowest BCUT2D eigenvalue weighted by atomic mass is 10.2. The first-order valence-corrected chi connectivity index (χ1v) is 2.99. The zero-order valence-electron chi connectivity index (χ0n) is 6.10. The van der Waals surface area contributed by atoms with E-state index < -0.39 is 0 Å². The monoisotopic (exact) mass is 128 g/mol. The summed E-state index contributed by atoms with van der Waals surface area (Å²) in [7, 11) is 1.39. The fraction of sp³-hybridized carbons (Fsp3) is 0.571. The summed E-state index contributed by atoms with van der Waals surface area (Å²) in [6, 6.07) is 0. The van der Waals surface area contributed by atoms with Gasteiger partial charge in [-0.25, -0.2) is 4.79 Å². The van der Waals surface area contributed by atoms with E-state index in [0.717, 1.165) is 12.0 Å². The Bertz CT molecular complexity index is 125. The lowest BCUT2D eigenvalue weighted by Gasteiger charge is -1.98. The molecule has 0 atom stereocenters. The van der Waals surface area contributed by atoms with Crippen LogP contribution in [0.3, 0.4) is 0 Å². The number of hydrogen-bond acceptors (Lipinski definition) is 2. The Morgan fingerprint density at radius 1 is 1.67 bits per heavy atom. The van der Waals surface area contributed by atoms with Crippen molar-refractivity contribution in [2.45, 2.75) is 20.3 Å². The topological polar surface area (TPSA) is 26.3 Å². The maximum absolute atomic E-state index is 10.7. The fourth-order valence-corrected chi connectivity index (χ4v) is 0.597. The van der Waals surface area contributed by atoms with Crippen molar-refractivity contribution in [2.75, 3.05) is 7.11 Å². The van der Waals surface area contributed by atoms with E-state index in [4.69, 9.17) is 0 Å². The quantitative estimate of drug-likeness (QED) is 0.416. The highest BCUT2D eigenvalue weighted by molar-refractivity contribution is 5.88. The minimum absolute atomic E-state index is 0.222. The molecule has 2 heteroatoms. The number of ether oxygens (including phenoxy) is 1. The third-order valence-corrected chi connectivity index (χ3v) is 1.18. The molecule has 0 aromatic carbocycles. The molecule has 0 aliphatic carbocycles. The maximum atomic E-state index is 10.7. The van der Waals surface area contributed by atoms with Gasteiger partial charge in [0.15, 0.2) is 0 Å².